The number of hydrogen-bond donors (Lipinski definition) is 1. The summed E-state index contributed by atoms with van der Waals surface area (Å²) < 4.78 is 15.4. The highest BCUT2D eigenvalue weighted by Crippen LogP contribution is 2.20. The summed E-state index contributed by atoms with van der Waals surface area (Å²) in [6.07, 6.45) is 1.67. The van der Waals surface area contributed by atoms with Crippen LogP contribution in [0.25, 0.3) is 0 Å². The van der Waals surface area contributed by atoms with Crippen molar-refractivity contribution in [2.45, 2.75) is 20.4 Å². The first-order valence-electron chi connectivity index (χ1n) is 7.79. The molecule has 0 atom stereocenters. The van der Waals surface area contributed by atoms with E-state index in [1.54, 1.807) is 30.5 Å². The second-order valence-corrected chi connectivity index (χ2v) is 6.26. The molecule has 0 bridgehead atoms. The Labute approximate surface area is 150 Å². The van der Waals surface area contributed by atoms with E-state index < -0.39 is 0 Å². The quantitative estimate of drug-likeness (QED) is 0.742. The monoisotopic (exact) mass is 357 g/mol. The lowest BCUT2D eigenvalue weighted by Gasteiger charge is -2.07. The highest BCUT2D eigenvalue weighted by atomic mass is 35.5. The van der Waals surface area contributed by atoms with Crippen molar-refractivity contribution >= 4 is 23.3 Å². The van der Waals surface area contributed by atoms with Crippen LogP contribution in [0.5, 0.6) is 0 Å². The molecule has 1 aromatic heterocycles. The predicted molar refractivity (Wildman–Crippen MR) is 96.6 cm³/mol. The lowest BCUT2D eigenvalue weighted by atomic mass is 10.1. The van der Waals surface area contributed by atoms with Gasteiger partial charge in [-0.1, -0.05) is 23.7 Å². The molecular formula is C19H17ClFN3O. The minimum atomic E-state index is -0.385. The van der Waals surface area contributed by atoms with Crippen molar-refractivity contribution in [1.82, 2.24) is 9.78 Å². The van der Waals surface area contributed by atoms with E-state index in [4.69, 9.17) is 11.6 Å². The van der Waals surface area contributed by atoms with Crippen molar-refractivity contribution in [3.63, 3.8) is 0 Å². The van der Waals surface area contributed by atoms with Crippen LogP contribution in [0, 0.1) is 19.7 Å². The Hall–Kier alpha value is -2.66. The first-order chi connectivity index (χ1) is 11.9. The molecule has 0 spiro atoms. The van der Waals surface area contributed by atoms with Gasteiger partial charge in [-0.3, -0.25) is 9.48 Å². The molecular weight excluding hydrogens is 341 g/mol. The first kappa shape index (κ1) is 17.2. The molecule has 128 valence electrons. The van der Waals surface area contributed by atoms with Gasteiger partial charge in [0.2, 0.25) is 0 Å². The van der Waals surface area contributed by atoms with Crippen LogP contribution in [-0.2, 0) is 6.54 Å². The molecule has 0 unspecified atom stereocenters. The minimum absolute atomic E-state index is 0.186. The fourth-order valence-electron chi connectivity index (χ4n) is 2.43. The zero-order valence-electron chi connectivity index (χ0n) is 13.9. The predicted octanol–water partition coefficient (Wildman–Crippen LogP) is 4.59. The fraction of sp³-hybridized carbons (Fsp3) is 0.158. The first-order valence-corrected chi connectivity index (χ1v) is 8.17. The summed E-state index contributed by atoms with van der Waals surface area (Å²) in [5.74, 6) is -0.225. The van der Waals surface area contributed by atoms with E-state index in [1.165, 1.54) is 10.7 Å². The number of amides is 1. The number of aromatic nitrogens is 2. The van der Waals surface area contributed by atoms with Gasteiger partial charge in [0.15, 0.2) is 5.82 Å². The fourth-order valence-corrected chi connectivity index (χ4v) is 2.66. The molecule has 6 heteroatoms. The van der Waals surface area contributed by atoms with Crippen LogP contribution in [-0.4, -0.2) is 15.7 Å². The number of anilines is 1. The van der Waals surface area contributed by atoms with Crippen molar-refractivity contribution in [3.8, 4) is 0 Å². The third-order valence-corrected chi connectivity index (χ3v) is 4.39. The molecule has 0 aliphatic carbocycles. The third-order valence-electron chi connectivity index (χ3n) is 4.03. The molecule has 3 rings (SSSR count). The number of nitrogens with zero attached hydrogens (tertiary/aromatic N) is 2. The smallest absolute Gasteiger partial charge is 0.256 e. The molecule has 0 saturated carbocycles. The van der Waals surface area contributed by atoms with Gasteiger partial charge < -0.3 is 5.32 Å². The van der Waals surface area contributed by atoms with Gasteiger partial charge >= 0.3 is 0 Å². The molecule has 3 aromatic rings. The largest absolute Gasteiger partial charge is 0.305 e. The van der Waals surface area contributed by atoms with E-state index in [2.05, 4.69) is 10.4 Å². The van der Waals surface area contributed by atoms with E-state index in [0.717, 1.165) is 11.1 Å². The summed E-state index contributed by atoms with van der Waals surface area (Å²) in [5, 5.41) is 7.34. The van der Waals surface area contributed by atoms with Gasteiger partial charge in [0.05, 0.1) is 6.54 Å². The Morgan fingerprint density at radius 3 is 2.72 bits per heavy atom. The van der Waals surface area contributed by atoms with Crippen molar-refractivity contribution in [1.29, 1.82) is 0 Å². The Morgan fingerprint density at radius 1 is 1.20 bits per heavy atom. The second kappa shape index (κ2) is 7.07. The van der Waals surface area contributed by atoms with Crippen LogP contribution >= 0.6 is 11.6 Å². The summed E-state index contributed by atoms with van der Waals surface area (Å²) in [7, 11) is 0. The topological polar surface area (TPSA) is 46.9 Å². The molecule has 1 N–H and O–H groups in total. The number of halogens is 2. The summed E-state index contributed by atoms with van der Waals surface area (Å²) in [6.45, 7) is 4.14. The standard InChI is InChI=1S/C19H17ClFN3O/c1-12-6-7-14(10-13(12)2)19(25)22-18-8-9-24(23-18)11-15-16(20)4-3-5-17(15)21/h3-10H,11H2,1-2H3,(H,22,23,25). The van der Waals surface area contributed by atoms with Crippen molar-refractivity contribution < 1.29 is 9.18 Å². The summed E-state index contributed by atoms with van der Waals surface area (Å²) in [6, 6.07) is 11.7. The van der Waals surface area contributed by atoms with Crippen LogP contribution < -0.4 is 5.32 Å². The maximum absolute atomic E-state index is 13.8. The van der Waals surface area contributed by atoms with Gasteiger partial charge in [-0.15, -0.1) is 0 Å². The van der Waals surface area contributed by atoms with Gasteiger partial charge in [0, 0.05) is 28.4 Å². The average Bonchev–Trinajstić information content (AvgIpc) is 3.01. The zero-order valence-corrected chi connectivity index (χ0v) is 14.6. The maximum atomic E-state index is 13.8. The molecule has 0 aliphatic heterocycles. The van der Waals surface area contributed by atoms with E-state index in [9.17, 15) is 9.18 Å². The number of benzene rings is 2. The molecule has 0 radical (unpaired) electrons. The maximum Gasteiger partial charge on any atom is 0.256 e. The zero-order chi connectivity index (χ0) is 18.0. The van der Waals surface area contributed by atoms with Crippen LogP contribution in [0.2, 0.25) is 5.02 Å². The normalized spacial score (nSPS) is 10.7. The molecule has 1 amide bonds. The van der Waals surface area contributed by atoms with E-state index in [-0.39, 0.29) is 18.3 Å². The van der Waals surface area contributed by atoms with Gasteiger partial charge in [-0.25, -0.2) is 4.39 Å². The number of nitrogens with one attached hydrogen (secondary N) is 1. The second-order valence-electron chi connectivity index (χ2n) is 5.85. The summed E-state index contributed by atoms with van der Waals surface area (Å²) in [4.78, 5) is 12.3. The van der Waals surface area contributed by atoms with Crippen LogP contribution in [0.1, 0.15) is 27.0 Å². The Balaban J connectivity index is 1.73. The van der Waals surface area contributed by atoms with Crippen molar-refractivity contribution in [3.05, 3.63) is 81.8 Å². The number of aryl methyl sites for hydroxylation is 2. The lowest BCUT2D eigenvalue weighted by molar-refractivity contribution is 0.102. The number of rotatable bonds is 4. The summed E-state index contributed by atoms with van der Waals surface area (Å²) in [5.41, 5.74) is 3.10. The highest BCUT2D eigenvalue weighted by molar-refractivity contribution is 6.31. The van der Waals surface area contributed by atoms with Gasteiger partial charge in [-0.2, -0.15) is 5.10 Å². The molecule has 25 heavy (non-hydrogen) atoms. The minimum Gasteiger partial charge on any atom is -0.305 e. The number of carbonyl (C=O) groups is 1. The summed E-state index contributed by atoms with van der Waals surface area (Å²) >= 11 is 6.03. The number of carbonyl (C=O) groups excluding carboxylic acids is 1. The number of hydrogen-bond acceptors (Lipinski definition) is 2. The lowest BCUT2D eigenvalue weighted by Crippen LogP contribution is -2.13. The van der Waals surface area contributed by atoms with E-state index in [0.29, 0.717) is 22.0 Å². The van der Waals surface area contributed by atoms with E-state index in [1.807, 2.05) is 26.0 Å². The van der Waals surface area contributed by atoms with Crippen molar-refractivity contribution in [2.75, 3.05) is 5.32 Å². The molecule has 1 heterocycles. The van der Waals surface area contributed by atoms with Gasteiger partial charge in [0.25, 0.3) is 5.91 Å². The van der Waals surface area contributed by atoms with Gasteiger partial charge in [0.1, 0.15) is 5.82 Å². The highest BCUT2D eigenvalue weighted by Gasteiger charge is 2.11. The van der Waals surface area contributed by atoms with E-state index >= 15 is 0 Å². The molecule has 4 nitrogen and oxygen atoms in total. The SMILES string of the molecule is Cc1ccc(C(=O)Nc2ccn(Cc3c(F)cccc3Cl)n2)cc1C. The average molecular weight is 358 g/mol. The Bertz CT molecular complexity index is 916. The van der Waals surface area contributed by atoms with Crippen LogP contribution in [0.4, 0.5) is 10.2 Å². The van der Waals surface area contributed by atoms with Crippen LogP contribution in [0.15, 0.2) is 48.7 Å². The van der Waals surface area contributed by atoms with Gasteiger partial charge in [-0.05, 0) is 49.2 Å². The van der Waals surface area contributed by atoms with Crippen molar-refractivity contribution in [2.24, 2.45) is 0 Å². The molecule has 2 aromatic carbocycles. The third kappa shape index (κ3) is 3.88. The molecule has 0 aliphatic rings. The van der Waals surface area contributed by atoms with Crippen LogP contribution in [0.3, 0.4) is 0 Å². The molecule has 0 saturated heterocycles. The Morgan fingerprint density at radius 2 is 2.00 bits per heavy atom. The Kier molecular flexibility index (Phi) is 4.86. The molecule has 0 fully saturated rings.